The van der Waals surface area contributed by atoms with Crippen LogP contribution in [0.2, 0.25) is 0 Å². The van der Waals surface area contributed by atoms with Gasteiger partial charge >= 0.3 is 0 Å². The number of thioether (sulfide) groups is 2. The van der Waals surface area contributed by atoms with Gasteiger partial charge in [0.15, 0.2) is 0 Å². The zero-order chi connectivity index (χ0) is 46.1. The van der Waals surface area contributed by atoms with E-state index in [1.165, 1.54) is 0 Å². The lowest BCUT2D eigenvalue weighted by atomic mass is 9.83. The number of piperazine rings is 1. The van der Waals surface area contributed by atoms with Gasteiger partial charge < -0.3 is 5.32 Å². The van der Waals surface area contributed by atoms with Gasteiger partial charge in [0, 0.05) is 99.1 Å². The smallest absolute Gasteiger partial charge is 0.0736 e. The number of likely N-dealkylation sites (N-methyl/N-ethyl adjacent to an activating group) is 1. The maximum absolute atomic E-state index is 3.57. The highest BCUT2D eigenvalue weighted by Crippen LogP contribution is 2.34. The Morgan fingerprint density at radius 1 is 0.339 bits per heavy atom. The van der Waals surface area contributed by atoms with Crippen molar-refractivity contribution in [3.8, 4) is 0 Å². The Hall–Kier alpha value is 0.260. The lowest BCUT2D eigenvalue weighted by molar-refractivity contribution is 0.0177. The fourth-order valence-corrected chi connectivity index (χ4v) is 11.5. The number of hydrazine groups is 3. The van der Waals surface area contributed by atoms with Crippen LogP contribution in [-0.4, -0.2) is 190 Å². The molecule has 0 spiro atoms. The molecule has 6 heterocycles. The molecule has 6 fully saturated rings. The molecule has 0 aliphatic carbocycles. The van der Waals surface area contributed by atoms with Gasteiger partial charge in [0.2, 0.25) is 0 Å². The average molecular weight is 875 g/mol. The summed E-state index contributed by atoms with van der Waals surface area (Å²) in [7, 11) is 17.2. The lowest BCUT2D eigenvalue weighted by Crippen LogP contribution is -2.62. The standard InChI is InChI=1S/2C9H20N2.C8H18N2.2C7H15NS.C6H15N3/c1-6-8(3)11(5)9(4)7(2)10-6;1-6-7(2)9(4)11(5)10-8(6)3;1-6-7(2)9(4)10(5)8(6)3;2*1-5-6(2)9-7(3)8(5)4;1-5-7-9(4)6(2)8(5)3/h2*6-10H,1-5H3;6-8H,1-5H3;3*5-7H,1-4H3. The third-order valence-corrected chi connectivity index (χ3v) is 19.7. The van der Waals surface area contributed by atoms with Crippen LogP contribution in [0.1, 0.15) is 132 Å². The van der Waals surface area contributed by atoms with Crippen LogP contribution in [0.4, 0.5) is 0 Å². The van der Waals surface area contributed by atoms with Crippen molar-refractivity contribution in [2.45, 2.75) is 226 Å². The minimum atomic E-state index is 0.477. The summed E-state index contributed by atoms with van der Waals surface area (Å²) in [5, 5.41) is 15.6. The van der Waals surface area contributed by atoms with Crippen LogP contribution in [0, 0.1) is 17.8 Å². The summed E-state index contributed by atoms with van der Waals surface area (Å²) in [6, 6.07) is 6.71. The molecule has 6 saturated heterocycles. The summed E-state index contributed by atoms with van der Waals surface area (Å²) >= 11 is 4.12. The number of hydrogen-bond donors (Lipinski definition) is 3. The molecule has 6 aliphatic rings. The number of hydrogen-bond acceptors (Lipinski definition) is 13. The second-order valence-electron chi connectivity index (χ2n) is 19.8. The third kappa shape index (κ3) is 15.7. The Kier molecular flexibility index (Phi) is 24.9. The van der Waals surface area contributed by atoms with E-state index in [9.17, 15) is 0 Å². The van der Waals surface area contributed by atoms with E-state index in [1.807, 2.05) is 0 Å². The SMILES string of the molecule is CC1C(C)N(C)N(C)C1C.CC1NC(C)C(C)N(C)C1C.CC1NN(C)C(C)C(C)C1C.CC1NN(C)C(C)N1C.CC1SC(C)N(C)C1C.CC1SC(C)N(C)C1C. The molecule has 354 valence electrons. The highest BCUT2D eigenvalue weighted by Gasteiger charge is 2.36. The Labute approximate surface area is 377 Å². The first-order chi connectivity index (χ1) is 27.0. The van der Waals surface area contributed by atoms with E-state index in [0.29, 0.717) is 60.7 Å². The minimum Gasteiger partial charge on any atom is -0.309 e. The van der Waals surface area contributed by atoms with Gasteiger partial charge in [-0.2, -0.15) is 0 Å². The molecular weight excluding hydrogens is 771 g/mol. The van der Waals surface area contributed by atoms with Crippen LogP contribution in [0.5, 0.6) is 0 Å². The Morgan fingerprint density at radius 3 is 0.949 bits per heavy atom. The zero-order valence-corrected chi connectivity index (χ0v) is 45.5. The summed E-state index contributed by atoms with van der Waals surface area (Å²) in [6.07, 6.45) is 0.991. The Balaban J connectivity index is 0.000000355. The van der Waals surface area contributed by atoms with Gasteiger partial charge in [0.1, 0.15) is 0 Å². The first-order valence-corrected chi connectivity index (χ1v) is 25.3. The molecule has 0 bridgehead atoms. The summed E-state index contributed by atoms with van der Waals surface area (Å²) in [5.74, 6) is 2.35. The number of nitrogens with one attached hydrogen (secondary N) is 3. The largest absolute Gasteiger partial charge is 0.309 e. The predicted octanol–water partition coefficient (Wildman–Crippen LogP) is 7.39. The summed E-state index contributed by atoms with van der Waals surface area (Å²) in [6.45, 7) is 43.2. The summed E-state index contributed by atoms with van der Waals surface area (Å²) in [5.41, 5.74) is 6.72. The molecular formula is C46H103N11S2. The highest BCUT2D eigenvalue weighted by molar-refractivity contribution is 8.00. The van der Waals surface area contributed by atoms with Gasteiger partial charge in [0.05, 0.1) is 23.1 Å². The Morgan fingerprint density at radius 2 is 0.729 bits per heavy atom. The quantitative estimate of drug-likeness (QED) is 0.227. The summed E-state index contributed by atoms with van der Waals surface area (Å²) < 4.78 is 0. The molecule has 0 aromatic carbocycles. The molecule has 11 nitrogen and oxygen atoms in total. The molecule has 3 N–H and O–H groups in total. The molecule has 6 aliphatic heterocycles. The van der Waals surface area contributed by atoms with Crippen molar-refractivity contribution < 1.29 is 0 Å². The highest BCUT2D eigenvalue weighted by atomic mass is 32.2. The molecule has 0 aromatic heterocycles. The van der Waals surface area contributed by atoms with E-state index < -0.39 is 0 Å². The van der Waals surface area contributed by atoms with Gasteiger partial charge in [-0.3, -0.25) is 25.0 Å². The third-order valence-electron chi connectivity index (χ3n) is 16.6. The van der Waals surface area contributed by atoms with E-state index in [0.717, 1.165) is 51.1 Å². The normalized spacial score (nSPS) is 45.5. The predicted molar refractivity (Wildman–Crippen MR) is 266 cm³/mol. The number of rotatable bonds is 0. The van der Waals surface area contributed by atoms with Crippen LogP contribution >= 0.6 is 23.5 Å². The van der Waals surface area contributed by atoms with Gasteiger partial charge in [0.25, 0.3) is 0 Å². The van der Waals surface area contributed by atoms with E-state index >= 15 is 0 Å². The van der Waals surface area contributed by atoms with Gasteiger partial charge in [-0.25, -0.2) is 25.5 Å². The molecule has 18 unspecified atom stereocenters. The van der Waals surface area contributed by atoms with Crippen molar-refractivity contribution in [2.24, 2.45) is 17.8 Å². The number of nitrogens with zero attached hydrogens (tertiary/aromatic N) is 8. The van der Waals surface area contributed by atoms with Crippen molar-refractivity contribution in [3.63, 3.8) is 0 Å². The fourth-order valence-electron chi connectivity index (χ4n) is 8.69. The maximum atomic E-state index is 3.57. The molecule has 13 heteroatoms. The van der Waals surface area contributed by atoms with Crippen molar-refractivity contribution in [1.82, 2.24) is 55.8 Å². The average Bonchev–Trinajstić information content (AvgIpc) is 3.72. The molecule has 59 heavy (non-hydrogen) atoms. The minimum absolute atomic E-state index is 0.477. The van der Waals surface area contributed by atoms with Crippen LogP contribution < -0.4 is 16.2 Å². The van der Waals surface area contributed by atoms with Crippen molar-refractivity contribution in [1.29, 1.82) is 0 Å². The van der Waals surface area contributed by atoms with Crippen molar-refractivity contribution in [2.75, 3.05) is 56.4 Å². The topological polar surface area (TPSA) is 62.0 Å². The summed E-state index contributed by atoms with van der Waals surface area (Å²) in [4.78, 5) is 9.58. The Bertz CT molecular complexity index is 956. The van der Waals surface area contributed by atoms with Crippen LogP contribution in [0.3, 0.4) is 0 Å². The second kappa shape index (κ2) is 25.7. The van der Waals surface area contributed by atoms with Crippen molar-refractivity contribution in [3.05, 3.63) is 0 Å². The van der Waals surface area contributed by atoms with Gasteiger partial charge in [-0.05, 0) is 143 Å². The molecule has 0 aromatic rings. The van der Waals surface area contributed by atoms with E-state index in [1.54, 1.807) is 0 Å². The molecule has 0 saturated carbocycles. The fraction of sp³-hybridized carbons (Fsp3) is 1.00. The van der Waals surface area contributed by atoms with Gasteiger partial charge in [-0.15, -0.1) is 23.5 Å². The van der Waals surface area contributed by atoms with Crippen LogP contribution in [-0.2, 0) is 0 Å². The zero-order valence-electron chi connectivity index (χ0n) is 43.9. The molecule has 18 atom stereocenters. The first-order valence-electron chi connectivity index (χ1n) is 23.4. The van der Waals surface area contributed by atoms with Crippen LogP contribution in [0.25, 0.3) is 0 Å². The van der Waals surface area contributed by atoms with Crippen LogP contribution in [0.15, 0.2) is 0 Å². The van der Waals surface area contributed by atoms with Gasteiger partial charge in [-0.1, -0.05) is 34.6 Å². The van der Waals surface area contributed by atoms with E-state index in [2.05, 4.69) is 267 Å². The molecule has 6 rings (SSSR count). The monoisotopic (exact) mass is 874 g/mol. The first kappa shape index (κ1) is 57.3. The van der Waals surface area contributed by atoms with E-state index in [4.69, 9.17) is 0 Å². The van der Waals surface area contributed by atoms with Crippen molar-refractivity contribution >= 4 is 23.5 Å². The van der Waals surface area contributed by atoms with E-state index in [-0.39, 0.29) is 0 Å². The second-order valence-corrected chi connectivity index (χ2v) is 23.2. The molecule has 0 amide bonds. The maximum Gasteiger partial charge on any atom is 0.0736 e. The lowest BCUT2D eigenvalue weighted by Gasteiger charge is -2.44. The molecule has 0 radical (unpaired) electrons.